The first-order chi connectivity index (χ1) is 8.43. The number of carbonyl (C=O) groups is 1. The van der Waals surface area contributed by atoms with Crippen LogP contribution in [0.3, 0.4) is 0 Å². The molecule has 0 heterocycles. The molecule has 0 aromatic heterocycles. The molecular weight excluding hydrogens is 384 g/mol. The summed E-state index contributed by atoms with van der Waals surface area (Å²) in [5.74, 6) is -0.573. The van der Waals surface area contributed by atoms with E-state index >= 15 is 0 Å². The molecule has 1 N–H and O–H groups in total. The zero-order chi connectivity index (χ0) is 13.7. The molecule has 18 heavy (non-hydrogen) atoms. The minimum Gasteiger partial charge on any atom is -0.321 e. The number of para-hydroxylation sites is 1. The molecule has 0 radical (unpaired) electrons. The third-order valence-electron chi connectivity index (χ3n) is 1.78. The first kappa shape index (κ1) is 15.9. The van der Waals surface area contributed by atoms with Gasteiger partial charge in [-0.25, -0.2) is 0 Å². The minimum absolute atomic E-state index is 0.0356. The van der Waals surface area contributed by atoms with E-state index in [0.29, 0.717) is 5.69 Å². The lowest BCUT2D eigenvalue weighted by atomic mass is 10.3. The second-order valence-electron chi connectivity index (χ2n) is 3.02. The van der Waals surface area contributed by atoms with Crippen molar-refractivity contribution in [3.8, 4) is 0 Å². The first-order valence-electron chi connectivity index (χ1n) is 4.56. The standard InChI is InChI=1S/C11H6BrCl4NO/c12-10(16)8(14)7(13)9(15)11(18)17-6-4-2-1-3-5-6/h1-5H,(H,17,18). The molecule has 0 saturated heterocycles. The third kappa shape index (κ3) is 4.48. The highest BCUT2D eigenvalue weighted by Crippen LogP contribution is 2.32. The predicted octanol–water partition coefficient (Wildman–Crippen LogP) is 5.36. The summed E-state index contributed by atoms with van der Waals surface area (Å²) in [5, 5.41) is 2.15. The molecular formula is C11H6BrCl4NO. The lowest BCUT2D eigenvalue weighted by Crippen LogP contribution is -2.12. The van der Waals surface area contributed by atoms with Gasteiger partial charge in [0.15, 0.2) is 0 Å². The molecule has 1 aromatic rings. The second kappa shape index (κ2) is 7.41. The Morgan fingerprint density at radius 1 is 0.944 bits per heavy atom. The van der Waals surface area contributed by atoms with E-state index in [1.54, 1.807) is 24.3 Å². The fraction of sp³-hybridized carbons (Fsp3) is 0. The molecule has 0 bridgehead atoms. The maximum absolute atomic E-state index is 11.8. The van der Waals surface area contributed by atoms with Crippen molar-refractivity contribution < 1.29 is 4.79 Å². The molecule has 7 heteroatoms. The van der Waals surface area contributed by atoms with Crippen LogP contribution in [0, 0.1) is 0 Å². The first-order valence-corrected chi connectivity index (χ1v) is 6.86. The van der Waals surface area contributed by atoms with Gasteiger partial charge in [-0.3, -0.25) is 4.79 Å². The molecule has 0 spiro atoms. The topological polar surface area (TPSA) is 29.1 Å². The van der Waals surface area contributed by atoms with Crippen molar-refractivity contribution in [1.29, 1.82) is 0 Å². The molecule has 2 nitrogen and oxygen atoms in total. The van der Waals surface area contributed by atoms with Crippen molar-refractivity contribution in [1.82, 2.24) is 0 Å². The van der Waals surface area contributed by atoms with Crippen molar-refractivity contribution in [2.24, 2.45) is 0 Å². The van der Waals surface area contributed by atoms with E-state index in [2.05, 4.69) is 21.2 Å². The number of allylic oxidation sites excluding steroid dienone is 2. The molecule has 1 aromatic carbocycles. The predicted molar refractivity (Wildman–Crippen MR) is 81.5 cm³/mol. The van der Waals surface area contributed by atoms with Crippen molar-refractivity contribution in [3.05, 3.63) is 49.4 Å². The maximum Gasteiger partial charge on any atom is 0.268 e. The van der Waals surface area contributed by atoms with Crippen LogP contribution < -0.4 is 5.32 Å². The smallest absolute Gasteiger partial charge is 0.268 e. The number of halogens is 5. The number of nitrogens with one attached hydrogen (secondary N) is 1. The van der Waals surface area contributed by atoms with E-state index in [4.69, 9.17) is 46.4 Å². The molecule has 0 aliphatic heterocycles. The fourth-order valence-corrected chi connectivity index (χ4v) is 1.91. The Kier molecular flexibility index (Phi) is 6.53. The molecule has 0 saturated carbocycles. The van der Waals surface area contributed by atoms with Crippen LogP contribution in [0.4, 0.5) is 5.69 Å². The summed E-state index contributed by atoms with van der Waals surface area (Å²) in [7, 11) is 0. The summed E-state index contributed by atoms with van der Waals surface area (Å²) in [5.41, 5.74) is 0.593. The monoisotopic (exact) mass is 387 g/mol. The summed E-state index contributed by atoms with van der Waals surface area (Å²) in [6.07, 6.45) is 0. The van der Waals surface area contributed by atoms with Gasteiger partial charge in [-0.15, -0.1) is 0 Å². The summed E-state index contributed by atoms with van der Waals surface area (Å²) >= 11 is 25.9. The Hall–Kier alpha value is -0.190. The number of anilines is 1. The Bertz CT molecular complexity index is 509. The van der Waals surface area contributed by atoms with Crippen LogP contribution in [0.1, 0.15) is 0 Å². The molecule has 0 fully saturated rings. The second-order valence-corrected chi connectivity index (χ2v) is 5.78. The van der Waals surface area contributed by atoms with E-state index < -0.39 is 5.91 Å². The van der Waals surface area contributed by atoms with Gasteiger partial charge < -0.3 is 5.32 Å². The lowest BCUT2D eigenvalue weighted by Gasteiger charge is -2.05. The lowest BCUT2D eigenvalue weighted by molar-refractivity contribution is -0.112. The number of benzene rings is 1. The highest BCUT2D eigenvalue weighted by Gasteiger charge is 2.16. The van der Waals surface area contributed by atoms with E-state index in [1.165, 1.54) is 0 Å². The van der Waals surface area contributed by atoms with Gasteiger partial charge in [-0.2, -0.15) is 0 Å². The summed E-state index contributed by atoms with van der Waals surface area (Å²) in [6.45, 7) is 0. The van der Waals surface area contributed by atoms with Crippen LogP contribution in [0.2, 0.25) is 0 Å². The van der Waals surface area contributed by atoms with Gasteiger partial charge in [-0.1, -0.05) is 64.6 Å². The van der Waals surface area contributed by atoms with Crippen LogP contribution in [0.15, 0.2) is 49.4 Å². The van der Waals surface area contributed by atoms with Crippen LogP contribution in [0.5, 0.6) is 0 Å². The average molecular weight is 390 g/mol. The van der Waals surface area contributed by atoms with Crippen molar-refractivity contribution in [3.63, 3.8) is 0 Å². The molecule has 0 aliphatic carbocycles. The summed E-state index contributed by atoms with van der Waals surface area (Å²) in [4.78, 5) is 11.8. The van der Waals surface area contributed by atoms with Crippen molar-refractivity contribution >= 4 is 73.9 Å². The SMILES string of the molecule is O=C(Nc1ccccc1)C(Cl)=C(Cl)C(Cl)=C(Cl)Br. The van der Waals surface area contributed by atoms with Gasteiger partial charge >= 0.3 is 0 Å². The van der Waals surface area contributed by atoms with Gasteiger partial charge in [0.25, 0.3) is 5.91 Å². The van der Waals surface area contributed by atoms with E-state index in [9.17, 15) is 4.79 Å². The third-order valence-corrected chi connectivity index (χ3v) is 4.00. The van der Waals surface area contributed by atoms with Crippen LogP contribution in [-0.4, -0.2) is 5.91 Å². The summed E-state index contributed by atoms with van der Waals surface area (Å²) < 4.78 is 0.0693. The molecule has 1 amide bonds. The van der Waals surface area contributed by atoms with Gasteiger partial charge in [-0.05, 0) is 28.1 Å². The Labute approximate surface area is 133 Å². The normalized spacial score (nSPS) is 13.6. The number of hydrogen-bond donors (Lipinski definition) is 1. The van der Waals surface area contributed by atoms with Gasteiger partial charge in [0.05, 0.1) is 10.1 Å². The molecule has 0 unspecified atom stereocenters. The van der Waals surface area contributed by atoms with E-state index in [-0.39, 0.29) is 19.0 Å². The van der Waals surface area contributed by atoms with Crippen LogP contribution in [-0.2, 0) is 4.79 Å². The zero-order valence-corrected chi connectivity index (χ0v) is 13.3. The number of carbonyl (C=O) groups excluding carboxylic acids is 1. The van der Waals surface area contributed by atoms with E-state index in [1.807, 2.05) is 6.07 Å². The van der Waals surface area contributed by atoms with Crippen molar-refractivity contribution in [2.45, 2.75) is 0 Å². The van der Waals surface area contributed by atoms with Gasteiger partial charge in [0.2, 0.25) is 0 Å². The Morgan fingerprint density at radius 2 is 1.50 bits per heavy atom. The quantitative estimate of drug-likeness (QED) is 0.547. The largest absolute Gasteiger partial charge is 0.321 e. The number of rotatable bonds is 3. The zero-order valence-electron chi connectivity index (χ0n) is 8.68. The average Bonchev–Trinajstić information content (AvgIpc) is 2.37. The molecule has 0 aliphatic rings. The molecule has 1 rings (SSSR count). The number of hydrogen-bond acceptors (Lipinski definition) is 1. The van der Waals surface area contributed by atoms with Crippen LogP contribution in [0.25, 0.3) is 0 Å². The fourth-order valence-electron chi connectivity index (χ4n) is 0.986. The van der Waals surface area contributed by atoms with Gasteiger partial charge in [0.1, 0.15) is 8.97 Å². The Balaban J connectivity index is 2.92. The Morgan fingerprint density at radius 3 is 2.00 bits per heavy atom. The van der Waals surface area contributed by atoms with Gasteiger partial charge in [0, 0.05) is 5.69 Å². The van der Waals surface area contributed by atoms with Crippen LogP contribution >= 0.6 is 62.3 Å². The summed E-state index contributed by atoms with van der Waals surface area (Å²) in [6, 6.07) is 8.80. The van der Waals surface area contributed by atoms with Crippen molar-refractivity contribution in [2.75, 3.05) is 5.32 Å². The minimum atomic E-state index is -0.573. The highest BCUT2D eigenvalue weighted by atomic mass is 79.9. The maximum atomic E-state index is 11.8. The van der Waals surface area contributed by atoms with E-state index in [0.717, 1.165) is 0 Å². The number of amides is 1. The highest BCUT2D eigenvalue weighted by molar-refractivity contribution is 9.12. The molecule has 0 atom stereocenters. The molecule has 96 valence electrons.